The molecule has 0 fully saturated rings. The van der Waals surface area contributed by atoms with Gasteiger partial charge >= 0.3 is 0 Å². The van der Waals surface area contributed by atoms with Crippen LogP contribution in [0.1, 0.15) is 37.0 Å². The fourth-order valence-corrected chi connectivity index (χ4v) is 5.41. The molecule has 0 bridgehead atoms. The smallest absolute Gasteiger partial charge is 0.264 e. The van der Waals surface area contributed by atoms with E-state index in [1.807, 2.05) is 45.0 Å². The minimum Gasteiger partial charge on any atom is -0.497 e. The average Bonchev–Trinajstić information content (AvgIpc) is 2.93. The SMILES string of the molecule is CCCNC(=O)[C@H](C)N(Cc1ccc(C)cc1)C(=O)CN(c1cccc(OC)c1)S(=O)(=O)c1ccc(C)cc1. The topological polar surface area (TPSA) is 96.0 Å². The van der Waals surface area contributed by atoms with Crippen molar-refractivity contribution in [2.75, 3.05) is 24.5 Å². The molecule has 0 unspecified atom stereocenters. The van der Waals surface area contributed by atoms with Crippen LogP contribution in [0.2, 0.25) is 0 Å². The van der Waals surface area contributed by atoms with Crippen LogP contribution in [-0.4, -0.2) is 51.4 Å². The zero-order chi connectivity index (χ0) is 28.6. The van der Waals surface area contributed by atoms with E-state index < -0.39 is 28.5 Å². The minimum absolute atomic E-state index is 0.0579. The van der Waals surface area contributed by atoms with E-state index in [1.165, 1.54) is 24.1 Å². The molecule has 208 valence electrons. The molecule has 1 atom stereocenters. The van der Waals surface area contributed by atoms with E-state index in [4.69, 9.17) is 4.74 Å². The van der Waals surface area contributed by atoms with Crippen LogP contribution in [0.3, 0.4) is 0 Å². The van der Waals surface area contributed by atoms with Crippen LogP contribution in [0, 0.1) is 13.8 Å². The lowest BCUT2D eigenvalue weighted by atomic mass is 10.1. The van der Waals surface area contributed by atoms with Gasteiger partial charge in [0.2, 0.25) is 11.8 Å². The van der Waals surface area contributed by atoms with Crippen molar-refractivity contribution in [1.82, 2.24) is 10.2 Å². The quantitative estimate of drug-likeness (QED) is 0.359. The van der Waals surface area contributed by atoms with Gasteiger partial charge < -0.3 is 15.0 Å². The van der Waals surface area contributed by atoms with Crippen LogP contribution in [0.4, 0.5) is 5.69 Å². The lowest BCUT2D eigenvalue weighted by Gasteiger charge is -2.32. The van der Waals surface area contributed by atoms with Gasteiger partial charge in [0.25, 0.3) is 10.0 Å². The molecule has 1 N–H and O–H groups in total. The Morgan fingerprint density at radius 1 is 0.949 bits per heavy atom. The van der Waals surface area contributed by atoms with Crippen molar-refractivity contribution in [3.05, 3.63) is 89.5 Å². The maximum atomic E-state index is 13.9. The number of methoxy groups -OCH3 is 1. The third-order valence-corrected chi connectivity index (χ3v) is 8.21. The number of amides is 2. The summed E-state index contributed by atoms with van der Waals surface area (Å²) in [6.45, 7) is 7.57. The molecular weight excluding hydrogens is 514 g/mol. The lowest BCUT2D eigenvalue weighted by molar-refractivity contribution is -0.139. The van der Waals surface area contributed by atoms with Crippen LogP contribution in [-0.2, 0) is 26.2 Å². The van der Waals surface area contributed by atoms with Gasteiger partial charge in [-0.3, -0.25) is 13.9 Å². The second-order valence-electron chi connectivity index (χ2n) is 9.50. The van der Waals surface area contributed by atoms with Crippen molar-refractivity contribution < 1.29 is 22.7 Å². The van der Waals surface area contributed by atoms with E-state index in [0.717, 1.165) is 27.4 Å². The number of rotatable bonds is 12. The number of hydrogen-bond acceptors (Lipinski definition) is 5. The van der Waals surface area contributed by atoms with Gasteiger partial charge in [-0.15, -0.1) is 0 Å². The highest BCUT2D eigenvalue weighted by atomic mass is 32.2. The normalized spacial score (nSPS) is 11.9. The zero-order valence-corrected chi connectivity index (χ0v) is 24.0. The third-order valence-electron chi connectivity index (χ3n) is 6.42. The van der Waals surface area contributed by atoms with Crippen LogP contribution in [0.15, 0.2) is 77.7 Å². The van der Waals surface area contributed by atoms with E-state index in [2.05, 4.69) is 5.32 Å². The van der Waals surface area contributed by atoms with Gasteiger partial charge in [0.05, 0.1) is 17.7 Å². The number of sulfonamides is 1. The zero-order valence-electron chi connectivity index (χ0n) is 23.2. The van der Waals surface area contributed by atoms with Gasteiger partial charge in [-0.2, -0.15) is 0 Å². The van der Waals surface area contributed by atoms with Gasteiger partial charge in [0, 0.05) is 19.2 Å². The Labute approximate surface area is 231 Å². The van der Waals surface area contributed by atoms with Crippen molar-refractivity contribution in [1.29, 1.82) is 0 Å². The largest absolute Gasteiger partial charge is 0.497 e. The first-order valence-corrected chi connectivity index (χ1v) is 14.4. The molecule has 3 rings (SSSR count). The Hall–Kier alpha value is -3.85. The van der Waals surface area contributed by atoms with Gasteiger partial charge in [-0.1, -0.05) is 60.5 Å². The Bertz CT molecular complexity index is 1370. The maximum Gasteiger partial charge on any atom is 0.264 e. The van der Waals surface area contributed by atoms with Crippen LogP contribution in [0.25, 0.3) is 0 Å². The third kappa shape index (κ3) is 7.60. The molecule has 2 amide bonds. The number of hydrogen-bond donors (Lipinski definition) is 1. The van der Waals surface area contributed by atoms with Crippen molar-refractivity contribution >= 4 is 27.5 Å². The summed E-state index contributed by atoms with van der Waals surface area (Å²) < 4.78 is 34.1. The van der Waals surface area contributed by atoms with E-state index in [0.29, 0.717) is 12.3 Å². The molecule has 0 aromatic heterocycles. The summed E-state index contributed by atoms with van der Waals surface area (Å²) in [5, 5.41) is 2.84. The van der Waals surface area contributed by atoms with Crippen molar-refractivity contribution in [2.24, 2.45) is 0 Å². The molecular formula is C30H37N3O5S. The number of benzene rings is 3. The van der Waals surface area contributed by atoms with Crippen molar-refractivity contribution in [3.8, 4) is 5.75 Å². The minimum atomic E-state index is -4.13. The second-order valence-corrected chi connectivity index (χ2v) is 11.4. The first kappa shape index (κ1) is 29.7. The standard InChI is InChI=1S/C30H37N3O5S/c1-6-18-31-30(35)24(4)32(20-25-14-10-22(2)11-15-25)29(34)21-33(26-8-7-9-27(19-26)38-5)39(36,37)28-16-12-23(3)13-17-28/h7-17,19,24H,6,18,20-21H2,1-5H3,(H,31,35)/t24-/m0/s1. The van der Waals surface area contributed by atoms with Crippen LogP contribution < -0.4 is 14.4 Å². The number of anilines is 1. The number of carbonyl (C=O) groups is 2. The van der Waals surface area contributed by atoms with Crippen molar-refractivity contribution in [3.63, 3.8) is 0 Å². The summed E-state index contributed by atoms with van der Waals surface area (Å²) in [6, 6.07) is 19.9. The highest BCUT2D eigenvalue weighted by molar-refractivity contribution is 7.92. The summed E-state index contributed by atoms with van der Waals surface area (Å²) in [6.07, 6.45) is 0.753. The predicted octanol–water partition coefficient (Wildman–Crippen LogP) is 4.45. The molecule has 8 nitrogen and oxygen atoms in total. The van der Waals surface area contributed by atoms with E-state index in [9.17, 15) is 18.0 Å². The van der Waals surface area contributed by atoms with E-state index in [-0.39, 0.29) is 23.0 Å². The Balaban J connectivity index is 2.03. The summed E-state index contributed by atoms with van der Waals surface area (Å²) in [5.41, 5.74) is 3.09. The fraction of sp³-hybridized carbons (Fsp3) is 0.333. The van der Waals surface area contributed by atoms with Crippen LogP contribution >= 0.6 is 0 Å². The number of nitrogens with one attached hydrogen (secondary N) is 1. The molecule has 0 saturated carbocycles. The van der Waals surface area contributed by atoms with Gasteiger partial charge in [-0.25, -0.2) is 8.42 Å². The van der Waals surface area contributed by atoms with Gasteiger partial charge in [0.1, 0.15) is 18.3 Å². The Kier molecular flexibility index (Phi) is 10.1. The number of nitrogens with zero attached hydrogens (tertiary/aromatic N) is 2. The number of aryl methyl sites for hydroxylation is 2. The Morgan fingerprint density at radius 2 is 1.56 bits per heavy atom. The molecule has 9 heteroatoms. The summed E-state index contributed by atoms with van der Waals surface area (Å²) in [5.74, 6) is -0.354. The number of carbonyl (C=O) groups excluding carboxylic acids is 2. The second kappa shape index (κ2) is 13.3. The monoisotopic (exact) mass is 551 g/mol. The van der Waals surface area contributed by atoms with Gasteiger partial charge in [-0.05, 0) is 57.0 Å². The fourth-order valence-electron chi connectivity index (χ4n) is 4.00. The average molecular weight is 552 g/mol. The molecule has 0 saturated heterocycles. The first-order valence-electron chi connectivity index (χ1n) is 12.9. The molecule has 0 heterocycles. The van der Waals surface area contributed by atoms with E-state index >= 15 is 0 Å². The summed E-state index contributed by atoms with van der Waals surface area (Å²) >= 11 is 0. The maximum absolute atomic E-state index is 13.9. The molecule has 3 aromatic carbocycles. The predicted molar refractivity (Wildman–Crippen MR) is 153 cm³/mol. The van der Waals surface area contributed by atoms with E-state index in [1.54, 1.807) is 43.3 Å². The molecule has 0 aliphatic rings. The highest BCUT2D eigenvalue weighted by Crippen LogP contribution is 2.28. The first-order chi connectivity index (χ1) is 18.6. The molecule has 39 heavy (non-hydrogen) atoms. The van der Waals surface area contributed by atoms with Crippen molar-refractivity contribution in [2.45, 2.75) is 51.6 Å². The molecule has 0 aliphatic carbocycles. The van der Waals surface area contributed by atoms with Gasteiger partial charge in [0.15, 0.2) is 0 Å². The summed E-state index contributed by atoms with van der Waals surface area (Å²) in [4.78, 5) is 28.3. The number of ether oxygens (including phenoxy) is 1. The molecule has 3 aromatic rings. The summed E-state index contributed by atoms with van der Waals surface area (Å²) in [7, 11) is -2.64. The highest BCUT2D eigenvalue weighted by Gasteiger charge is 2.32. The lowest BCUT2D eigenvalue weighted by Crippen LogP contribution is -2.51. The van der Waals surface area contributed by atoms with Crippen LogP contribution in [0.5, 0.6) is 5.75 Å². The molecule has 0 aliphatic heterocycles. The molecule has 0 radical (unpaired) electrons. The molecule has 0 spiro atoms. The Morgan fingerprint density at radius 3 is 2.15 bits per heavy atom.